The van der Waals surface area contributed by atoms with E-state index < -0.39 is 0 Å². The van der Waals surface area contributed by atoms with Gasteiger partial charge < -0.3 is 10.2 Å². The second-order valence-electron chi connectivity index (χ2n) is 3.96. The highest BCUT2D eigenvalue weighted by Crippen LogP contribution is 2.42. The van der Waals surface area contributed by atoms with Gasteiger partial charge in [-0.3, -0.25) is 0 Å². The summed E-state index contributed by atoms with van der Waals surface area (Å²) in [7, 11) is 0. The van der Waals surface area contributed by atoms with E-state index in [0.717, 1.165) is 11.5 Å². The molecule has 1 atom stereocenters. The minimum atomic E-state index is 0.316. The maximum atomic E-state index is 5.60. The fourth-order valence-corrected chi connectivity index (χ4v) is 3.08. The molecule has 1 aliphatic rings. The Morgan fingerprint density at radius 2 is 2.36 bits per heavy atom. The number of nitrogens with two attached hydrogens (primary N) is 1. The van der Waals surface area contributed by atoms with Gasteiger partial charge in [0, 0.05) is 5.92 Å². The number of nitrogen functional groups attached to an aromatic ring is 1. The van der Waals surface area contributed by atoms with Crippen LogP contribution in [0.15, 0.2) is 4.42 Å². The van der Waals surface area contributed by atoms with E-state index >= 15 is 0 Å². The average molecular weight is 212 g/mol. The fourth-order valence-electron chi connectivity index (χ4n) is 1.80. The Balaban J connectivity index is 2.30. The van der Waals surface area contributed by atoms with E-state index in [4.69, 9.17) is 10.2 Å². The summed E-state index contributed by atoms with van der Waals surface area (Å²) in [6.07, 6.45) is 2.48. The van der Waals surface area contributed by atoms with Crippen LogP contribution in [0.2, 0.25) is 0 Å². The molecule has 3 nitrogen and oxygen atoms in total. The Morgan fingerprint density at radius 1 is 1.57 bits per heavy atom. The SMILES string of the molecule is CC(C)c1oc(N)nc1C1CCCS1. The zero-order valence-corrected chi connectivity index (χ0v) is 9.43. The molecule has 1 aromatic rings. The topological polar surface area (TPSA) is 52.0 Å². The number of thioether (sulfide) groups is 1. The summed E-state index contributed by atoms with van der Waals surface area (Å²) in [6, 6.07) is 0.316. The van der Waals surface area contributed by atoms with E-state index in [1.807, 2.05) is 11.8 Å². The first-order valence-electron chi connectivity index (χ1n) is 5.06. The van der Waals surface area contributed by atoms with Crippen LogP contribution in [-0.2, 0) is 0 Å². The molecule has 0 amide bonds. The lowest BCUT2D eigenvalue weighted by Crippen LogP contribution is -1.96. The largest absolute Gasteiger partial charge is 0.428 e. The zero-order valence-electron chi connectivity index (χ0n) is 8.62. The quantitative estimate of drug-likeness (QED) is 0.819. The van der Waals surface area contributed by atoms with Crippen LogP contribution in [0, 0.1) is 0 Å². The molecule has 14 heavy (non-hydrogen) atoms. The number of nitrogens with zero attached hydrogens (tertiary/aromatic N) is 1. The molecule has 2 heterocycles. The second-order valence-corrected chi connectivity index (χ2v) is 5.27. The highest BCUT2D eigenvalue weighted by Gasteiger charge is 2.26. The molecule has 0 radical (unpaired) electrons. The predicted octanol–water partition coefficient (Wildman–Crippen LogP) is 2.95. The molecule has 4 heteroatoms. The average Bonchev–Trinajstić information content (AvgIpc) is 2.70. The maximum Gasteiger partial charge on any atom is 0.292 e. The molecular formula is C10H16N2OS. The summed E-state index contributed by atoms with van der Waals surface area (Å²) in [6.45, 7) is 4.23. The molecule has 1 aliphatic heterocycles. The molecule has 1 aromatic heterocycles. The number of aromatic nitrogens is 1. The Kier molecular flexibility index (Phi) is 2.72. The summed E-state index contributed by atoms with van der Waals surface area (Å²) >= 11 is 1.96. The first kappa shape index (κ1) is 9.90. The Hall–Kier alpha value is -0.640. The van der Waals surface area contributed by atoms with Crippen molar-refractivity contribution in [2.45, 2.75) is 37.9 Å². The number of hydrogen-bond acceptors (Lipinski definition) is 4. The van der Waals surface area contributed by atoms with E-state index in [1.165, 1.54) is 18.6 Å². The van der Waals surface area contributed by atoms with E-state index in [-0.39, 0.29) is 0 Å². The van der Waals surface area contributed by atoms with Gasteiger partial charge in [0.1, 0.15) is 5.76 Å². The van der Waals surface area contributed by atoms with E-state index in [1.54, 1.807) is 0 Å². The Bertz CT molecular complexity index is 316. The van der Waals surface area contributed by atoms with Gasteiger partial charge in [0.05, 0.1) is 10.9 Å². The van der Waals surface area contributed by atoms with Crippen LogP contribution >= 0.6 is 11.8 Å². The van der Waals surface area contributed by atoms with Gasteiger partial charge in [0.2, 0.25) is 0 Å². The molecule has 78 valence electrons. The molecule has 2 N–H and O–H groups in total. The van der Waals surface area contributed by atoms with Gasteiger partial charge in [0.25, 0.3) is 6.01 Å². The molecule has 2 rings (SSSR count). The van der Waals surface area contributed by atoms with Crippen molar-refractivity contribution in [3.8, 4) is 0 Å². The Labute approximate surface area is 88.5 Å². The van der Waals surface area contributed by atoms with E-state index in [9.17, 15) is 0 Å². The summed E-state index contributed by atoms with van der Waals surface area (Å²) in [5.74, 6) is 2.58. The van der Waals surface area contributed by atoms with E-state index in [2.05, 4.69) is 18.8 Å². The minimum absolute atomic E-state index is 0.316. The molecule has 1 unspecified atom stereocenters. The molecule has 1 saturated heterocycles. The van der Waals surface area contributed by atoms with Gasteiger partial charge in [-0.1, -0.05) is 13.8 Å². The molecule has 0 spiro atoms. The number of hydrogen-bond donors (Lipinski definition) is 1. The lowest BCUT2D eigenvalue weighted by atomic mass is 10.1. The third-order valence-electron chi connectivity index (χ3n) is 2.46. The first-order valence-corrected chi connectivity index (χ1v) is 6.11. The van der Waals surface area contributed by atoms with Crippen LogP contribution in [0.3, 0.4) is 0 Å². The van der Waals surface area contributed by atoms with Crippen molar-refractivity contribution < 1.29 is 4.42 Å². The van der Waals surface area contributed by atoms with Crippen molar-refractivity contribution >= 4 is 17.8 Å². The molecule has 0 saturated carbocycles. The fraction of sp³-hybridized carbons (Fsp3) is 0.700. The minimum Gasteiger partial charge on any atom is -0.428 e. The molecule has 1 fully saturated rings. The third kappa shape index (κ3) is 1.75. The van der Waals surface area contributed by atoms with Crippen LogP contribution in [0.5, 0.6) is 0 Å². The predicted molar refractivity (Wildman–Crippen MR) is 59.4 cm³/mol. The van der Waals surface area contributed by atoms with Crippen LogP contribution in [0.4, 0.5) is 6.01 Å². The number of rotatable bonds is 2. The molecule has 0 aliphatic carbocycles. The zero-order chi connectivity index (χ0) is 10.1. The standard InChI is InChI=1S/C10H16N2OS/c1-6(2)9-8(12-10(11)13-9)7-4-3-5-14-7/h6-7H,3-5H2,1-2H3,(H2,11,12). The van der Waals surface area contributed by atoms with Crippen molar-refractivity contribution in [2.75, 3.05) is 11.5 Å². The Morgan fingerprint density at radius 3 is 2.93 bits per heavy atom. The molecule has 0 bridgehead atoms. The lowest BCUT2D eigenvalue weighted by molar-refractivity contribution is 0.494. The summed E-state index contributed by atoms with van der Waals surface area (Å²) < 4.78 is 5.44. The van der Waals surface area contributed by atoms with Crippen LogP contribution in [0.25, 0.3) is 0 Å². The highest BCUT2D eigenvalue weighted by atomic mass is 32.2. The van der Waals surface area contributed by atoms with E-state index in [0.29, 0.717) is 17.2 Å². The summed E-state index contributed by atoms with van der Waals surface area (Å²) in [5, 5.41) is 0.508. The number of anilines is 1. The van der Waals surface area contributed by atoms with Crippen LogP contribution in [0.1, 0.15) is 49.3 Å². The van der Waals surface area contributed by atoms with Gasteiger partial charge >= 0.3 is 0 Å². The van der Waals surface area contributed by atoms with Crippen LogP contribution in [-0.4, -0.2) is 10.7 Å². The van der Waals surface area contributed by atoms with Crippen molar-refractivity contribution in [1.29, 1.82) is 0 Å². The number of oxazole rings is 1. The van der Waals surface area contributed by atoms with Crippen molar-refractivity contribution in [3.63, 3.8) is 0 Å². The van der Waals surface area contributed by atoms with Crippen molar-refractivity contribution in [2.24, 2.45) is 0 Å². The molecular weight excluding hydrogens is 196 g/mol. The smallest absolute Gasteiger partial charge is 0.292 e. The third-order valence-corrected chi connectivity index (χ3v) is 3.84. The summed E-state index contributed by atoms with van der Waals surface area (Å²) in [5.41, 5.74) is 6.68. The lowest BCUT2D eigenvalue weighted by Gasteiger charge is -2.08. The summed E-state index contributed by atoms with van der Waals surface area (Å²) in [4.78, 5) is 4.30. The van der Waals surface area contributed by atoms with Crippen molar-refractivity contribution in [3.05, 3.63) is 11.5 Å². The second kappa shape index (κ2) is 3.85. The van der Waals surface area contributed by atoms with Gasteiger partial charge in [0.15, 0.2) is 0 Å². The monoisotopic (exact) mass is 212 g/mol. The normalized spacial score (nSPS) is 22.1. The van der Waals surface area contributed by atoms with Gasteiger partial charge in [-0.2, -0.15) is 16.7 Å². The van der Waals surface area contributed by atoms with Crippen molar-refractivity contribution in [1.82, 2.24) is 4.98 Å². The molecule has 0 aromatic carbocycles. The maximum absolute atomic E-state index is 5.60. The van der Waals surface area contributed by atoms with Gasteiger partial charge in [-0.05, 0) is 18.6 Å². The first-order chi connectivity index (χ1) is 6.68. The van der Waals surface area contributed by atoms with Gasteiger partial charge in [-0.15, -0.1) is 0 Å². The van der Waals surface area contributed by atoms with Crippen LogP contribution < -0.4 is 5.73 Å². The highest BCUT2D eigenvalue weighted by molar-refractivity contribution is 7.99. The van der Waals surface area contributed by atoms with Gasteiger partial charge in [-0.25, -0.2) is 0 Å².